The van der Waals surface area contributed by atoms with Gasteiger partial charge in [-0.2, -0.15) is 4.31 Å². The average Bonchev–Trinajstić information content (AvgIpc) is 2.92. The van der Waals surface area contributed by atoms with Crippen LogP contribution in [0.4, 0.5) is 5.82 Å². The van der Waals surface area contributed by atoms with Gasteiger partial charge < -0.3 is 5.32 Å². The van der Waals surface area contributed by atoms with Crippen molar-refractivity contribution in [3.05, 3.63) is 65.7 Å². The molecule has 40 heavy (non-hydrogen) atoms. The molecule has 0 radical (unpaired) electrons. The quantitative estimate of drug-likeness (QED) is 0.407. The molecule has 1 saturated carbocycles. The molecule has 3 aromatic rings. The Balaban J connectivity index is 1.13. The number of nitrogens with one attached hydrogen (secondary N) is 1. The second-order valence-electron chi connectivity index (χ2n) is 12.2. The monoisotopic (exact) mass is 581 g/mol. The SMILES string of the molecule is Cc1cccc(C2(CNc3ccc4cc(S(=O)(=O)N5CC(C6CCS(=O)(=O)CC6)C5)ccc4n3)CCCCC2)c1. The van der Waals surface area contributed by atoms with Gasteiger partial charge in [-0.05, 0) is 80.3 Å². The summed E-state index contributed by atoms with van der Waals surface area (Å²) in [5.41, 5.74) is 3.55. The number of nitrogens with zero attached hydrogens (tertiary/aromatic N) is 2. The van der Waals surface area contributed by atoms with Gasteiger partial charge >= 0.3 is 0 Å². The Bertz CT molecular complexity index is 1590. The molecule has 2 saturated heterocycles. The van der Waals surface area contributed by atoms with Crippen molar-refractivity contribution in [1.29, 1.82) is 0 Å². The Labute approximate surface area is 238 Å². The zero-order valence-electron chi connectivity index (χ0n) is 23.2. The van der Waals surface area contributed by atoms with Crippen LogP contribution in [0, 0.1) is 18.8 Å². The second-order valence-corrected chi connectivity index (χ2v) is 16.4. The minimum absolute atomic E-state index is 0.0970. The summed E-state index contributed by atoms with van der Waals surface area (Å²) in [6, 6.07) is 18.0. The maximum atomic E-state index is 13.3. The Morgan fingerprint density at radius 3 is 2.42 bits per heavy atom. The molecule has 2 aromatic carbocycles. The van der Waals surface area contributed by atoms with Crippen LogP contribution in [0.1, 0.15) is 56.1 Å². The Kier molecular flexibility index (Phi) is 7.42. The lowest BCUT2D eigenvalue weighted by atomic mass is 9.69. The molecule has 0 spiro atoms. The van der Waals surface area contributed by atoms with E-state index in [9.17, 15) is 16.8 Å². The Morgan fingerprint density at radius 2 is 1.70 bits per heavy atom. The molecule has 7 nitrogen and oxygen atoms in total. The molecule has 0 bridgehead atoms. The van der Waals surface area contributed by atoms with Gasteiger partial charge in [0.25, 0.3) is 0 Å². The van der Waals surface area contributed by atoms with Crippen LogP contribution in [0.2, 0.25) is 0 Å². The van der Waals surface area contributed by atoms with E-state index in [4.69, 9.17) is 4.98 Å². The zero-order valence-corrected chi connectivity index (χ0v) is 24.8. The molecular weight excluding hydrogens is 542 g/mol. The molecule has 3 fully saturated rings. The van der Waals surface area contributed by atoms with E-state index in [0.29, 0.717) is 31.8 Å². The van der Waals surface area contributed by atoms with E-state index in [1.807, 2.05) is 12.1 Å². The van der Waals surface area contributed by atoms with Gasteiger partial charge in [-0.15, -0.1) is 0 Å². The first-order valence-corrected chi connectivity index (χ1v) is 17.8. The number of benzene rings is 2. The van der Waals surface area contributed by atoms with Gasteiger partial charge in [-0.25, -0.2) is 21.8 Å². The molecule has 1 aliphatic carbocycles. The zero-order chi connectivity index (χ0) is 28.0. The van der Waals surface area contributed by atoms with Crippen LogP contribution in [0.5, 0.6) is 0 Å². The van der Waals surface area contributed by atoms with E-state index < -0.39 is 19.9 Å². The largest absolute Gasteiger partial charge is 0.369 e. The number of aryl methyl sites for hydroxylation is 1. The standard InChI is InChI=1S/C31H39N3O4S2/c1-23-6-5-7-27(18-23)31(14-3-2-4-15-31)22-32-30-11-8-25-19-28(9-10-29(25)33-30)40(37,38)34-20-26(21-34)24-12-16-39(35,36)17-13-24/h5-11,18-19,24,26H,2-4,12-17,20-22H2,1H3,(H,32,33). The first-order chi connectivity index (χ1) is 19.1. The lowest BCUT2D eigenvalue weighted by Gasteiger charge is -2.43. The summed E-state index contributed by atoms with van der Waals surface area (Å²) in [7, 11) is -6.51. The smallest absolute Gasteiger partial charge is 0.243 e. The molecule has 0 unspecified atom stereocenters. The topological polar surface area (TPSA) is 96.4 Å². The number of hydrogen-bond donors (Lipinski definition) is 1. The molecule has 214 valence electrons. The highest BCUT2D eigenvalue weighted by Crippen LogP contribution is 2.40. The van der Waals surface area contributed by atoms with Gasteiger partial charge in [0.15, 0.2) is 0 Å². The van der Waals surface area contributed by atoms with Crippen LogP contribution in [-0.2, 0) is 25.3 Å². The van der Waals surface area contributed by atoms with Gasteiger partial charge in [0.05, 0.1) is 21.9 Å². The fourth-order valence-electron chi connectivity index (χ4n) is 6.89. The summed E-state index contributed by atoms with van der Waals surface area (Å²) in [6.07, 6.45) is 7.37. The minimum Gasteiger partial charge on any atom is -0.369 e. The highest BCUT2D eigenvalue weighted by molar-refractivity contribution is 7.91. The highest BCUT2D eigenvalue weighted by Gasteiger charge is 2.42. The molecule has 0 amide bonds. The van der Waals surface area contributed by atoms with Crippen molar-refractivity contribution in [2.45, 2.75) is 62.2 Å². The van der Waals surface area contributed by atoms with Crippen molar-refractivity contribution < 1.29 is 16.8 Å². The summed E-state index contributed by atoms with van der Waals surface area (Å²) in [6.45, 7) is 3.91. The maximum Gasteiger partial charge on any atom is 0.243 e. The normalized spacial score (nSPS) is 22.1. The van der Waals surface area contributed by atoms with Crippen molar-refractivity contribution in [2.75, 3.05) is 36.5 Å². The third-order valence-corrected chi connectivity index (χ3v) is 13.0. The summed E-state index contributed by atoms with van der Waals surface area (Å²) in [4.78, 5) is 5.11. The van der Waals surface area contributed by atoms with Gasteiger partial charge in [0, 0.05) is 30.4 Å². The van der Waals surface area contributed by atoms with E-state index in [1.54, 1.807) is 18.2 Å². The summed E-state index contributed by atoms with van der Waals surface area (Å²) in [5, 5.41) is 4.41. The molecular formula is C31H39N3O4S2. The molecule has 9 heteroatoms. The fraction of sp³-hybridized carbons (Fsp3) is 0.516. The summed E-state index contributed by atoms with van der Waals surface area (Å²) >= 11 is 0. The van der Waals surface area contributed by atoms with E-state index in [1.165, 1.54) is 34.7 Å². The summed E-state index contributed by atoms with van der Waals surface area (Å²) < 4.78 is 51.7. The molecule has 2 aliphatic heterocycles. The predicted octanol–water partition coefficient (Wildman–Crippen LogP) is 5.30. The lowest BCUT2D eigenvalue weighted by molar-refractivity contribution is 0.127. The van der Waals surface area contributed by atoms with Crippen molar-refractivity contribution in [2.24, 2.45) is 11.8 Å². The molecule has 1 N–H and O–H groups in total. The van der Waals surface area contributed by atoms with Crippen molar-refractivity contribution in [1.82, 2.24) is 9.29 Å². The van der Waals surface area contributed by atoms with Gasteiger partial charge in [-0.1, -0.05) is 49.1 Å². The number of pyridine rings is 1. The number of rotatable bonds is 7. The average molecular weight is 582 g/mol. The minimum atomic E-state index is -3.59. The van der Waals surface area contributed by atoms with Crippen molar-refractivity contribution in [3.8, 4) is 0 Å². The van der Waals surface area contributed by atoms with Crippen LogP contribution in [0.3, 0.4) is 0 Å². The third kappa shape index (κ3) is 5.52. The van der Waals surface area contributed by atoms with Crippen LogP contribution in [0.25, 0.3) is 10.9 Å². The van der Waals surface area contributed by atoms with Crippen LogP contribution in [0.15, 0.2) is 59.5 Å². The second kappa shape index (κ2) is 10.7. The molecule has 0 atom stereocenters. The summed E-state index contributed by atoms with van der Waals surface area (Å²) in [5.74, 6) is 1.79. The van der Waals surface area contributed by atoms with Crippen LogP contribution >= 0.6 is 0 Å². The highest BCUT2D eigenvalue weighted by atomic mass is 32.2. The van der Waals surface area contributed by atoms with Gasteiger partial charge in [0.2, 0.25) is 10.0 Å². The molecule has 3 aliphatic rings. The Morgan fingerprint density at radius 1 is 0.950 bits per heavy atom. The van der Waals surface area contributed by atoms with E-state index in [-0.39, 0.29) is 27.7 Å². The number of hydrogen-bond acceptors (Lipinski definition) is 6. The fourth-order valence-corrected chi connectivity index (χ4v) is 10.0. The third-order valence-electron chi connectivity index (χ3n) is 9.49. The van der Waals surface area contributed by atoms with Crippen LogP contribution < -0.4 is 5.32 Å². The number of sulfonamides is 1. The predicted molar refractivity (Wildman–Crippen MR) is 160 cm³/mol. The van der Waals surface area contributed by atoms with Crippen molar-refractivity contribution in [3.63, 3.8) is 0 Å². The molecule has 1 aromatic heterocycles. The van der Waals surface area contributed by atoms with Crippen molar-refractivity contribution >= 4 is 36.6 Å². The van der Waals surface area contributed by atoms with Gasteiger partial charge in [0.1, 0.15) is 15.7 Å². The lowest BCUT2D eigenvalue weighted by Crippen LogP contribution is -2.53. The first-order valence-electron chi connectivity index (χ1n) is 14.6. The Hall–Kier alpha value is -2.49. The number of anilines is 1. The van der Waals surface area contributed by atoms with Gasteiger partial charge in [-0.3, -0.25) is 0 Å². The first kappa shape index (κ1) is 27.7. The number of aromatic nitrogens is 1. The van der Waals surface area contributed by atoms with E-state index in [0.717, 1.165) is 36.1 Å². The maximum absolute atomic E-state index is 13.3. The number of fused-ring (bicyclic) bond motifs is 1. The number of sulfone groups is 1. The van der Waals surface area contributed by atoms with E-state index >= 15 is 0 Å². The molecule has 6 rings (SSSR count). The van der Waals surface area contributed by atoms with Crippen LogP contribution in [-0.4, -0.2) is 57.3 Å². The molecule has 3 heterocycles. The van der Waals surface area contributed by atoms with E-state index in [2.05, 4.69) is 36.5 Å².